The van der Waals surface area contributed by atoms with Gasteiger partial charge in [0.15, 0.2) is 0 Å². The third kappa shape index (κ3) is 3.52. The van der Waals surface area contributed by atoms with Gasteiger partial charge in [-0.3, -0.25) is 4.98 Å². The molecular weight excluding hydrogens is 298 g/mol. The Morgan fingerprint density at radius 1 is 1.00 bits per heavy atom. The average Bonchev–Trinajstić information content (AvgIpc) is 2.44. The molecule has 128 valence electrons. The minimum absolute atomic E-state index is 0.478. The molecule has 0 aromatic carbocycles. The van der Waals surface area contributed by atoms with Crippen LogP contribution in [-0.4, -0.2) is 4.98 Å². The van der Waals surface area contributed by atoms with Gasteiger partial charge in [0.1, 0.15) is 0 Å². The van der Waals surface area contributed by atoms with Crippen molar-refractivity contribution in [1.82, 2.24) is 4.98 Å². The van der Waals surface area contributed by atoms with E-state index in [2.05, 4.69) is 62.3 Å². The van der Waals surface area contributed by atoms with E-state index in [0.717, 1.165) is 0 Å². The molecule has 0 bridgehead atoms. The van der Waals surface area contributed by atoms with Gasteiger partial charge in [-0.1, -0.05) is 33.3 Å². The minimum atomic E-state index is 0.478. The summed E-state index contributed by atoms with van der Waals surface area (Å²) in [6.45, 7) is 20.8. The summed E-state index contributed by atoms with van der Waals surface area (Å²) in [6.07, 6.45) is 1.17. The Morgan fingerprint density at radius 2 is 1.61 bits per heavy atom. The second-order valence-corrected chi connectivity index (χ2v) is 9.40. The van der Waals surface area contributed by atoms with E-state index >= 15 is 0 Å². The molecule has 0 saturated heterocycles. The van der Waals surface area contributed by atoms with Crippen LogP contribution in [0.25, 0.3) is 0 Å². The van der Waals surface area contributed by atoms with Crippen molar-refractivity contribution >= 4 is 11.8 Å². The quantitative estimate of drug-likeness (QED) is 0.575. The summed E-state index contributed by atoms with van der Waals surface area (Å²) in [5, 5.41) is 0.501. The predicted molar refractivity (Wildman–Crippen MR) is 104 cm³/mol. The average molecular weight is 332 g/mol. The van der Waals surface area contributed by atoms with Crippen LogP contribution in [0.1, 0.15) is 100 Å². The summed E-state index contributed by atoms with van der Waals surface area (Å²) >= 11 is 2.04. The number of hydrogen-bond acceptors (Lipinski definition) is 2. The molecule has 0 fully saturated rings. The molecule has 2 atom stereocenters. The molecule has 0 N–H and O–H groups in total. The summed E-state index contributed by atoms with van der Waals surface area (Å²) in [4.78, 5) is 6.55. The van der Waals surface area contributed by atoms with E-state index in [1.165, 1.54) is 28.3 Å². The highest BCUT2D eigenvalue weighted by molar-refractivity contribution is 8.03. The first-order valence-electron chi connectivity index (χ1n) is 8.98. The summed E-state index contributed by atoms with van der Waals surface area (Å²) in [5.74, 6) is 1.69. The van der Waals surface area contributed by atoms with Crippen molar-refractivity contribution in [3.8, 4) is 0 Å². The lowest BCUT2D eigenvalue weighted by atomic mass is 9.77. The van der Waals surface area contributed by atoms with Crippen LogP contribution in [0.5, 0.6) is 0 Å². The molecule has 2 heterocycles. The first-order chi connectivity index (χ1) is 10.6. The molecule has 0 saturated carbocycles. The Kier molecular flexibility index (Phi) is 5.66. The summed E-state index contributed by atoms with van der Waals surface area (Å²) in [6, 6.07) is 0. The summed E-state index contributed by atoms with van der Waals surface area (Å²) in [7, 11) is 0. The van der Waals surface area contributed by atoms with Crippen LogP contribution in [-0.2, 0) is 0 Å². The Hall–Kier alpha value is -0.760. The normalized spacial score (nSPS) is 25.5. The Bertz CT molecular complexity index is 625. The van der Waals surface area contributed by atoms with Gasteiger partial charge in [0.2, 0.25) is 0 Å². The molecule has 1 aromatic rings. The highest BCUT2D eigenvalue weighted by Gasteiger charge is 2.31. The molecular formula is C21H33NS. The summed E-state index contributed by atoms with van der Waals surface area (Å²) < 4.78 is 0. The van der Waals surface area contributed by atoms with Gasteiger partial charge in [-0.2, -0.15) is 0 Å². The number of allylic oxidation sites excluding steroid dienone is 2. The fourth-order valence-electron chi connectivity index (χ4n) is 3.78. The molecule has 0 spiro atoms. The molecule has 1 nitrogen and oxygen atoms in total. The van der Waals surface area contributed by atoms with Crippen LogP contribution in [0, 0.1) is 19.8 Å². The number of fused-ring (bicyclic) bond motifs is 1. The number of nitrogens with zero attached hydrogens (tertiary/aromatic N) is 1. The minimum Gasteiger partial charge on any atom is -0.257 e. The summed E-state index contributed by atoms with van der Waals surface area (Å²) in [5.41, 5.74) is 8.63. The molecule has 23 heavy (non-hydrogen) atoms. The van der Waals surface area contributed by atoms with Crippen LogP contribution >= 0.6 is 11.8 Å². The van der Waals surface area contributed by atoms with E-state index in [-0.39, 0.29) is 0 Å². The van der Waals surface area contributed by atoms with Gasteiger partial charge in [-0.15, -0.1) is 11.8 Å². The zero-order valence-electron chi connectivity index (χ0n) is 16.4. The number of pyridine rings is 1. The van der Waals surface area contributed by atoms with E-state index in [4.69, 9.17) is 4.98 Å². The van der Waals surface area contributed by atoms with Crippen molar-refractivity contribution in [3.05, 3.63) is 38.6 Å². The number of thioether (sulfide) groups is 1. The fourth-order valence-corrected chi connectivity index (χ4v) is 5.02. The molecule has 1 aromatic heterocycles. The van der Waals surface area contributed by atoms with Gasteiger partial charge >= 0.3 is 0 Å². The van der Waals surface area contributed by atoms with Gasteiger partial charge in [-0.25, -0.2) is 0 Å². The molecule has 0 radical (unpaired) electrons. The van der Waals surface area contributed by atoms with Crippen molar-refractivity contribution < 1.29 is 0 Å². The van der Waals surface area contributed by atoms with E-state index in [1.807, 2.05) is 11.8 Å². The fraction of sp³-hybridized carbons (Fsp3) is 0.667. The first-order valence-corrected chi connectivity index (χ1v) is 9.86. The Labute approximate surface area is 147 Å². The van der Waals surface area contributed by atoms with Gasteiger partial charge in [-0.05, 0) is 80.4 Å². The van der Waals surface area contributed by atoms with Gasteiger partial charge < -0.3 is 0 Å². The highest BCUT2D eigenvalue weighted by Crippen LogP contribution is 2.48. The monoisotopic (exact) mass is 331 g/mol. The third-order valence-corrected chi connectivity index (χ3v) is 6.70. The molecule has 1 aliphatic rings. The number of aryl methyl sites for hydroxylation is 1. The Balaban J connectivity index is 2.82. The van der Waals surface area contributed by atoms with Crippen LogP contribution in [0.2, 0.25) is 0 Å². The molecule has 0 amide bonds. The van der Waals surface area contributed by atoms with E-state index in [0.29, 0.717) is 23.0 Å². The van der Waals surface area contributed by atoms with Gasteiger partial charge in [0, 0.05) is 16.6 Å². The van der Waals surface area contributed by atoms with Crippen molar-refractivity contribution in [3.63, 3.8) is 0 Å². The van der Waals surface area contributed by atoms with Gasteiger partial charge in [0.05, 0.1) is 0 Å². The van der Waals surface area contributed by atoms with Crippen molar-refractivity contribution in [2.45, 2.75) is 85.8 Å². The maximum absolute atomic E-state index is 5.04. The maximum atomic E-state index is 5.04. The second kappa shape index (κ2) is 7.01. The lowest BCUT2D eigenvalue weighted by Gasteiger charge is -2.34. The Morgan fingerprint density at radius 3 is 2.13 bits per heavy atom. The van der Waals surface area contributed by atoms with Gasteiger partial charge in [0.25, 0.3) is 0 Å². The highest BCUT2D eigenvalue weighted by atomic mass is 32.2. The third-order valence-electron chi connectivity index (χ3n) is 5.41. The number of rotatable bonds is 2. The largest absolute Gasteiger partial charge is 0.257 e. The first kappa shape index (κ1) is 18.6. The smallest absolute Gasteiger partial charge is 0.0470 e. The zero-order valence-corrected chi connectivity index (χ0v) is 17.2. The van der Waals surface area contributed by atoms with E-state index in [1.54, 1.807) is 16.7 Å². The molecule has 2 heteroatoms. The van der Waals surface area contributed by atoms with Crippen LogP contribution in [0.15, 0.2) is 10.5 Å². The van der Waals surface area contributed by atoms with Crippen molar-refractivity contribution in [2.24, 2.45) is 5.92 Å². The van der Waals surface area contributed by atoms with E-state index in [9.17, 15) is 0 Å². The maximum Gasteiger partial charge on any atom is 0.0470 e. The molecule has 1 unspecified atom stereocenters. The molecule has 2 rings (SSSR count). The second-order valence-electron chi connectivity index (χ2n) is 7.84. The number of aromatic nitrogens is 1. The van der Waals surface area contributed by atoms with Crippen LogP contribution in [0.3, 0.4) is 0 Å². The topological polar surface area (TPSA) is 12.9 Å². The van der Waals surface area contributed by atoms with Crippen LogP contribution < -0.4 is 0 Å². The zero-order chi connectivity index (χ0) is 17.5. The number of hydrogen-bond donors (Lipinski definition) is 0. The van der Waals surface area contributed by atoms with Crippen LogP contribution in [0.4, 0.5) is 0 Å². The lowest BCUT2D eigenvalue weighted by Crippen LogP contribution is -2.19. The predicted octanol–water partition coefficient (Wildman–Crippen LogP) is 7.05. The SMILES string of the molecule is C/C1=C(\C)S[C@@H](C)c2c(C)c(C)nc(C(C)C)c2C(C(C)C)C1. The lowest BCUT2D eigenvalue weighted by molar-refractivity contribution is 0.480. The van der Waals surface area contributed by atoms with E-state index < -0.39 is 0 Å². The van der Waals surface area contributed by atoms with Crippen molar-refractivity contribution in [2.75, 3.05) is 0 Å². The molecule has 1 aliphatic heterocycles. The standard InChI is InChI=1S/C21H33NS/c1-11(2)18-10-13(5)16(8)23-17(9)19-14(6)15(7)22-21(12(3)4)20(18)19/h11-12,17-18H,10H2,1-9H3/b16-13-/t17-,18?/m0/s1. The van der Waals surface area contributed by atoms with Crippen molar-refractivity contribution in [1.29, 1.82) is 0 Å². The molecule has 0 aliphatic carbocycles.